The Kier molecular flexibility index (Phi) is 4.29. The van der Waals surface area contributed by atoms with E-state index >= 15 is 0 Å². The van der Waals surface area contributed by atoms with E-state index in [1.807, 2.05) is 0 Å². The number of hydrogen-bond donors (Lipinski definition) is 0. The molecule has 0 aliphatic heterocycles. The van der Waals surface area contributed by atoms with Crippen molar-refractivity contribution < 1.29 is 14.3 Å². The third kappa shape index (κ3) is 3.38. The zero-order chi connectivity index (χ0) is 11.1. The van der Waals surface area contributed by atoms with Crippen LogP contribution < -0.4 is 0 Å². The van der Waals surface area contributed by atoms with E-state index in [1.165, 1.54) is 0 Å². The summed E-state index contributed by atoms with van der Waals surface area (Å²) in [4.78, 5) is 21.4. The van der Waals surface area contributed by atoms with Crippen LogP contribution in [0.4, 0.5) is 0 Å². The smallest absolute Gasteiger partial charge is 0.338 e. The highest BCUT2D eigenvalue weighted by Gasteiger charge is 2.05. The van der Waals surface area contributed by atoms with Crippen LogP contribution in [0.15, 0.2) is 30.8 Å². The topological polar surface area (TPSA) is 43.4 Å². The molecule has 0 amide bonds. The maximum Gasteiger partial charge on any atom is 0.338 e. The largest absolute Gasteiger partial charge is 0.462 e. The molecule has 0 aromatic heterocycles. The van der Waals surface area contributed by atoms with Gasteiger partial charge in [-0.15, -0.1) is 0 Å². The van der Waals surface area contributed by atoms with Gasteiger partial charge in [0.05, 0.1) is 12.2 Å². The molecule has 15 heavy (non-hydrogen) atoms. The highest BCUT2D eigenvalue weighted by Crippen LogP contribution is 2.06. The molecular weight excluding hydrogens is 192 g/mol. The predicted molar refractivity (Wildman–Crippen MR) is 57.5 cm³/mol. The van der Waals surface area contributed by atoms with Crippen molar-refractivity contribution in [2.45, 2.75) is 6.42 Å². The maximum absolute atomic E-state index is 11.4. The molecule has 0 radical (unpaired) electrons. The summed E-state index contributed by atoms with van der Waals surface area (Å²) in [6.07, 6.45) is 2.64. The second-order valence-electron chi connectivity index (χ2n) is 2.92. The first-order valence-corrected chi connectivity index (χ1v) is 4.61. The van der Waals surface area contributed by atoms with Gasteiger partial charge in [-0.1, -0.05) is 24.8 Å². The molecule has 0 aliphatic rings. The van der Waals surface area contributed by atoms with Crippen molar-refractivity contribution in [2.24, 2.45) is 0 Å². The first kappa shape index (κ1) is 11.2. The highest BCUT2D eigenvalue weighted by atomic mass is 16.5. The van der Waals surface area contributed by atoms with Gasteiger partial charge in [-0.2, -0.15) is 0 Å². The molecule has 0 unspecified atom stereocenters. The molecule has 1 aromatic carbocycles. The molecule has 0 saturated carbocycles. The van der Waals surface area contributed by atoms with Crippen LogP contribution in [0.1, 0.15) is 22.3 Å². The van der Waals surface area contributed by atoms with Crippen LogP contribution in [0.3, 0.4) is 0 Å². The van der Waals surface area contributed by atoms with Crippen LogP contribution in [-0.4, -0.2) is 18.9 Å². The van der Waals surface area contributed by atoms with Gasteiger partial charge in [0, 0.05) is 6.42 Å². The molecule has 0 saturated heterocycles. The van der Waals surface area contributed by atoms with Crippen molar-refractivity contribution >= 4 is 18.3 Å². The van der Waals surface area contributed by atoms with Crippen LogP contribution in [0.5, 0.6) is 0 Å². The van der Waals surface area contributed by atoms with Crippen LogP contribution in [0, 0.1) is 0 Å². The molecule has 3 heteroatoms. The molecule has 0 spiro atoms. The lowest BCUT2D eigenvalue weighted by molar-refractivity contribution is -0.108. The summed E-state index contributed by atoms with van der Waals surface area (Å²) in [6, 6.07) is 6.90. The molecule has 0 N–H and O–H groups in total. The van der Waals surface area contributed by atoms with Crippen LogP contribution in [-0.2, 0) is 9.53 Å². The molecule has 0 fully saturated rings. The Bertz CT molecular complexity index is 352. The number of hydrogen-bond acceptors (Lipinski definition) is 3. The van der Waals surface area contributed by atoms with E-state index in [-0.39, 0.29) is 13.0 Å². The van der Waals surface area contributed by atoms with E-state index in [4.69, 9.17) is 4.74 Å². The minimum atomic E-state index is -0.410. The fraction of sp³-hybridized carbons (Fsp3) is 0.167. The SMILES string of the molecule is C=Cc1ccc(C(=O)OCCC=O)cc1. The Labute approximate surface area is 88.4 Å². The zero-order valence-electron chi connectivity index (χ0n) is 8.31. The van der Waals surface area contributed by atoms with Crippen LogP contribution in [0.2, 0.25) is 0 Å². The Morgan fingerprint density at radius 3 is 2.53 bits per heavy atom. The summed E-state index contributed by atoms with van der Waals surface area (Å²) in [5.74, 6) is -0.410. The minimum absolute atomic E-state index is 0.130. The fourth-order valence-corrected chi connectivity index (χ4v) is 1.04. The quantitative estimate of drug-likeness (QED) is 0.419. The van der Waals surface area contributed by atoms with Gasteiger partial charge in [-0.05, 0) is 17.7 Å². The van der Waals surface area contributed by atoms with E-state index in [1.54, 1.807) is 30.3 Å². The molecule has 0 aliphatic carbocycles. The summed E-state index contributed by atoms with van der Waals surface area (Å²) < 4.78 is 4.85. The van der Waals surface area contributed by atoms with Gasteiger partial charge in [-0.3, -0.25) is 0 Å². The molecule has 0 atom stereocenters. The van der Waals surface area contributed by atoms with Crippen molar-refractivity contribution in [3.8, 4) is 0 Å². The zero-order valence-corrected chi connectivity index (χ0v) is 8.31. The highest BCUT2D eigenvalue weighted by molar-refractivity contribution is 5.89. The van der Waals surface area contributed by atoms with Gasteiger partial charge < -0.3 is 9.53 Å². The molecule has 1 rings (SSSR count). The lowest BCUT2D eigenvalue weighted by Gasteiger charge is -2.02. The normalized spacial score (nSPS) is 9.33. The van der Waals surface area contributed by atoms with E-state index in [9.17, 15) is 9.59 Å². The summed E-state index contributed by atoms with van der Waals surface area (Å²) in [5, 5.41) is 0. The van der Waals surface area contributed by atoms with E-state index in [0.29, 0.717) is 11.8 Å². The third-order valence-electron chi connectivity index (χ3n) is 1.85. The standard InChI is InChI=1S/C12H12O3/c1-2-10-4-6-11(7-5-10)12(14)15-9-3-8-13/h2,4-8H,1,3,9H2. The van der Waals surface area contributed by atoms with Gasteiger partial charge in [0.1, 0.15) is 6.29 Å². The van der Waals surface area contributed by atoms with Gasteiger partial charge in [0.25, 0.3) is 0 Å². The molecular formula is C12H12O3. The second kappa shape index (κ2) is 5.75. The Morgan fingerprint density at radius 2 is 2.00 bits per heavy atom. The van der Waals surface area contributed by atoms with E-state index < -0.39 is 5.97 Å². The fourth-order valence-electron chi connectivity index (χ4n) is 1.04. The number of carbonyl (C=O) groups excluding carboxylic acids is 2. The van der Waals surface area contributed by atoms with Crippen LogP contribution >= 0.6 is 0 Å². The monoisotopic (exact) mass is 204 g/mol. The van der Waals surface area contributed by atoms with E-state index in [2.05, 4.69) is 6.58 Å². The summed E-state index contributed by atoms with van der Waals surface area (Å²) in [5.41, 5.74) is 1.42. The number of esters is 1. The number of aldehydes is 1. The molecule has 0 heterocycles. The average Bonchev–Trinajstić information content (AvgIpc) is 2.29. The van der Waals surface area contributed by atoms with Crippen molar-refractivity contribution in [3.63, 3.8) is 0 Å². The Hall–Kier alpha value is -1.90. The van der Waals surface area contributed by atoms with Gasteiger partial charge in [0.2, 0.25) is 0 Å². The number of ether oxygens (including phenoxy) is 1. The molecule has 1 aromatic rings. The van der Waals surface area contributed by atoms with Gasteiger partial charge >= 0.3 is 5.97 Å². The van der Waals surface area contributed by atoms with Crippen molar-refractivity contribution in [3.05, 3.63) is 42.0 Å². The van der Waals surface area contributed by atoms with Gasteiger partial charge in [-0.25, -0.2) is 4.79 Å². The second-order valence-corrected chi connectivity index (χ2v) is 2.92. The first-order valence-electron chi connectivity index (χ1n) is 4.61. The maximum atomic E-state index is 11.4. The summed E-state index contributed by atoms with van der Waals surface area (Å²) >= 11 is 0. The lowest BCUT2D eigenvalue weighted by atomic mass is 10.1. The first-order chi connectivity index (χ1) is 7.27. The Morgan fingerprint density at radius 1 is 1.33 bits per heavy atom. The summed E-state index contributed by atoms with van der Waals surface area (Å²) in [7, 11) is 0. The number of rotatable bonds is 5. The number of benzene rings is 1. The molecule has 78 valence electrons. The summed E-state index contributed by atoms with van der Waals surface area (Å²) in [6.45, 7) is 3.74. The number of carbonyl (C=O) groups is 2. The Balaban J connectivity index is 2.57. The predicted octanol–water partition coefficient (Wildman–Crippen LogP) is 2.08. The van der Waals surface area contributed by atoms with Crippen molar-refractivity contribution in [1.29, 1.82) is 0 Å². The van der Waals surface area contributed by atoms with Gasteiger partial charge in [0.15, 0.2) is 0 Å². The van der Waals surface area contributed by atoms with Crippen LogP contribution in [0.25, 0.3) is 6.08 Å². The lowest BCUT2D eigenvalue weighted by Crippen LogP contribution is -2.06. The minimum Gasteiger partial charge on any atom is -0.462 e. The van der Waals surface area contributed by atoms with E-state index in [0.717, 1.165) is 5.56 Å². The molecule has 3 nitrogen and oxygen atoms in total. The van der Waals surface area contributed by atoms with Crippen molar-refractivity contribution in [1.82, 2.24) is 0 Å². The molecule has 0 bridgehead atoms. The average molecular weight is 204 g/mol. The van der Waals surface area contributed by atoms with Crippen molar-refractivity contribution in [2.75, 3.05) is 6.61 Å². The third-order valence-corrected chi connectivity index (χ3v) is 1.85.